The van der Waals surface area contributed by atoms with Crippen molar-refractivity contribution in [2.75, 3.05) is 7.11 Å². The van der Waals surface area contributed by atoms with Gasteiger partial charge in [0.25, 0.3) is 0 Å². The number of hydrogen-bond donors (Lipinski definition) is 2. The van der Waals surface area contributed by atoms with E-state index in [-0.39, 0.29) is 0 Å². The molecule has 4 heteroatoms. The third kappa shape index (κ3) is 2.97. The second-order valence-electron chi connectivity index (χ2n) is 2.68. The van der Waals surface area contributed by atoms with Crippen LogP contribution in [0.2, 0.25) is 5.02 Å². The fourth-order valence-electron chi connectivity index (χ4n) is 1.14. The molecule has 0 radical (unpaired) electrons. The van der Waals surface area contributed by atoms with Crippen LogP contribution in [0.15, 0.2) is 18.2 Å². The number of nitrogens with one attached hydrogen (secondary N) is 1. The van der Waals surface area contributed by atoms with Crippen LogP contribution < -0.4 is 5.48 Å². The Balaban J connectivity index is 2.89. The molecule has 0 bridgehead atoms. The number of benzene rings is 1. The van der Waals surface area contributed by atoms with Gasteiger partial charge in [0.1, 0.15) is 0 Å². The van der Waals surface area contributed by atoms with Gasteiger partial charge in [-0.2, -0.15) is 0 Å². The second-order valence-corrected chi connectivity index (χ2v) is 3.12. The Morgan fingerprint density at radius 1 is 1.46 bits per heavy atom. The molecule has 13 heavy (non-hydrogen) atoms. The number of halogens is 1. The zero-order valence-corrected chi connectivity index (χ0v) is 8.14. The fourth-order valence-corrected chi connectivity index (χ4v) is 1.34. The van der Waals surface area contributed by atoms with Gasteiger partial charge in [0, 0.05) is 18.7 Å². The molecule has 72 valence electrons. The van der Waals surface area contributed by atoms with Crippen molar-refractivity contribution in [3.05, 3.63) is 34.3 Å². The van der Waals surface area contributed by atoms with Crippen molar-refractivity contribution in [3.8, 4) is 0 Å². The van der Waals surface area contributed by atoms with Gasteiger partial charge >= 0.3 is 0 Å². The minimum Gasteiger partial charge on any atom is -0.380 e. The van der Waals surface area contributed by atoms with Crippen molar-refractivity contribution in [3.63, 3.8) is 0 Å². The maximum Gasteiger partial charge on any atom is 0.0716 e. The van der Waals surface area contributed by atoms with Crippen LogP contribution in [0, 0.1) is 0 Å². The van der Waals surface area contributed by atoms with Gasteiger partial charge < -0.3 is 9.94 Å². The molecule has 0 saturated carbocycles. The van der Waals surface area contributed by atoms with E-state index in [9.17, 15) is 0 Å². The summed E-state index contributed by atoms with van der Waals surface area (Å²) in [6.07, 6.45) is 0. The summed E-state index contributed by atoms with van der Waals surface area (Å²) in [7, 11) is 1.63. The molecular formula is C9H12ClNO2. The second kappa shape index (κ2) is 5.19. The van der Waals surface area contributed by atoms with E-state index >= 15 is 0 Å². The molecule has 0 aliphatic heterocycles. The number of methoxy groups -OCH3 is 1. The summed E-state index contributed by atoms with van der Waals surface area (Å²) < 4.78 is 5.00. The predicted molar refractivity (Wildman–Crippen MR) is 50.8 cm³/mol. The Kier molecular flexibility index (Phi) is 4.18. The van der Waals surface area contributed by atoms with Crippen LogP contribution in [0.5, 0.6) is 0 Å². The summed E-state index contributed by atoms with van der Waals surface area (Å²) in [6, 6.07) is 5.49. The van der Waals surface area contributed by atoms with Gasteiger partial charge in [-0.05, 0) is 23.3 Å². The highest BCUT2D eigenvalue weighted by Crippen LogP contribution is 2.16. The lowest BCUT2D eigenvalue weighted by atomic mass is 10.1. The number of ether oxygens (including phenoxy) is 1. The third-order valence-corrected chi connectivity index (χ3v) is 1.97. The largest absolute Gasteiger partial charge is 0.380 e. The molecule has 0 unspecified atom stereocenters. The Hall–Kier alpha value is -0.610. The lowest BCUT2D eigenvalue weighted by Crippen LogP contribution is -2.08. The summed E-state index contributed by atoms with van der Waals surface area (Å²) in [4.78, 5) is 0. The average Bonchev–Trinajstić information content (AvgIpc) is 2.10. The molecule has 3 nitrogen and oxygen atoms in total. The minimum absolute atomic E-state index is 0.374. The highest BCUT2D eigenvalue weighted by molar-refractivity contribution is 6.30. The Bertz CT molecular complexity index is 278. The van der Waals surface area contributed by atoms with Gasteiger partial charge in [0.05, 0.1) is 6.61 Å². The van der Waals surface area contributed by atoms with Crippen LogP contribution in [-0.4, -0.2) is 12.3 Å². The smallest absolute Gasteiger partial charge is 0.0716 e. The van der Waals surface area contributed by atoms with Gasteiger partial charge in [-0.15, -0.1) is 0 Å². The van der Waals surface area contributed by atoms with E-state index in [1.165, 1.54) is 0 Å². The molecule has 1 aromatic rings. The van der Waals surface area contributed by atoms with Gasteiger partial charge in [-0.1, -0.05) is 17.7 Å². The van der Waals surface area contributed by atoms with Crippen LogP contribution in [-0.2, 0) is 17.9 Å². The van der Waals surface area contributed by atoms with E-state index in [1.54, 1.807) is 19.2 Å². The molecule has 2 N–H and O–H groups in total. The highest BCUT2D eigenvalue weighted by Gasteiger charge is 2.02. The molecule has 1 rings (SSSR count). The first-order chi connectivity index (χ1) is 6.27. The molecule has 0 saturated heterocycles. The van der Waals surface area contributed by atoms with Crippen molar-refractivity contribution in [2.45, 2.75) is 13.2 Å². The average molecular weight is 202 g/mol. The van der Waals surface area contributed by atoms with E-state index in [4.69, 9.17) is 21.5 Å². The molecule has 0 fully saturated rings. The van der Waals surface area contributed by atoms with Crippen molar-refractivity contribution < 1.29 is 9.94 Å². The van der Waals surface area contributed by atoms with Gasteiger partial charge in [0.2, 0.25) is 0 Å². The van der Waals surface area contributed by atoms with Crippen LogP contribution >= 0.6 is 11.6 Å². The molecule has 1 aromatic carbocycles. The minimum atomic E-state index is 0.374. The molecule has 0 aliphatic rings. The van der Waals surface area contributed by atoms with Crippen molar-refractivity contribution in [2.24, 2.45) is 0 Å². The fraction of sp³-hybridized carbons (Fsp3) is 0.333. The quantitative estimate of drug-likeness (QED) is 0.732. The van der Waals surface area contributed by atoms with Crippen LogP contribution in [0.1, 0.15) is 11.1 Å². The van der Waals surface area contributed by atoms with Crippen LogP contribution in [0.4, 0.5) is 0 Å². The van der Waals surface area contributed by atoms with Gasteiger partial charge in [0.15, 0.2) is 0 Å². The van der Waals surface area contributed by atoms with E-state index < -0.39 is 0 Å². The Morgan fingerprint density at radius 2 is 2.23 bits per heavy atom. The lowest BCUT2D eigenvalue weighted by Gasteiger charge is -2.07. The zero-order valence-electron chi connectivity index (χ0n) is 7.38. The number of rotatable bonds is 4. The summed E-state index contributed by atoms with van der Waals surface area (Å²) in [5.41, 5.74) is 4.06. The van der Waals surface area contributed by atoms with E-state index in [0.29, 0.717) is 18.2 Å². The molecule has 0 aromatic heterocycles. The predicted octanol–water partition coefficient (Wildman–Crippen LogP) is 1.97. The summed E-state index contributed by atoms with van der Waals surface area (Å²) >= 11 is 5.80. The summed E-state index contributed by atoms with van der Waals surface area (Å²) in [5, 5.41) is 9.23. The molecule has 0 amide bonds. The van der Waals surface area contributed by atoms with Crippen molar-refractivity contribution in [1.82, 2.24) is 5.48 Å². The topological polar surface area (TPSA) is 41.5 Å². The van der Waals surface area contributed by atoms with Crippen LogP contribution in [0.25, 0.3) is 0 Å². The first-order valence-electron chi connectivity index (χ1n) is 3.91. The monoisotopic (exact) mass is 201 g/mol. The molecule has 0 atom stereocenters. The zero-order chi connectivity index (χ0) is 9.68. The van der Waals surface area contributed by atoms with Crippen molar-refractivity contribution >= 4 is 11.6 Å². The standard InChI is InChI=1S/C9H12ClNO2/c1-13-6-7-2-3-9(10)4-8(7)5-11-12/h2-4,11-12H,5-6H2,1H3. The molecule has 0 heterocycles. The molecule has 0 spiro atoms. The third-order valence-electron chi connectivity index (χ3n) is 1.74. The number of hydrogen-bond acceptors (Lipinski definition) is 3. The first kappa shape index (κ1) is 10.5. The Labute approximate surface area is 82.2 Å². The van der Waals surface area contributed by atoms with Gasteiger partial charge in [-0.25, -0.2) is 5.48 Å². The lowest BCUT2D eigenvalue weighted by molar-refractivity contribution is 0.157. The molecule has 0 aliphatic carbocycles. The molecular weight excluding hydrogens is 190 g/mol. The number of hydroxylamine groups is 1. The van der Waals surface area contributed by atoms with E-state index in [1.807, 2.05) is 6.07 Å². The first-order valence-corrected chi connectivity index (χ1v) is 4.29. The van der Waals surface area contributed by atoms with E-state index in [0.717, 1.165) is 11.1 Å². The maximum atomic E-state index is 8.57. The van der Waals surface area contributed by atoms with Crippen LogP contribution in [0.3, 0.4) is 0 Å². The summed E-state index contributed by atoms with van der Waals surface area (Å²) in [5.74, 6) is 0. The van der Waals surface area contributed by atoms with E-state index in [2.05, 4.69) is 5.48 Å². The SMILES string of the molecule is COCc1ccc(Cl)cc1CNO. The maximum absolute atomic E-state index is 8.57. The van der Waals surface area contributed by atoms with Crippen molar-refractivity contribution in [1.29, 1.82) is 0 Å². The summed E-state index contributed by atoms with van der Waals surface area (Å²) in [6.45, 7) is 0.896. The highest BCUT2D eigenvalue weighted by atomic mass is 35.5. The normalized spacial score (nSPS) is 10.4. The Morgan fingerprint density at radius 3 is 2.85 bits per heavy atom. The van der Waals surface area contributed by atoms with Gasteiger partial charge in [-0.3, -0.25) is 0 Å².